The van der Waals surface area contributed by atoms with E-state index in [0.29, 0.717) is 11.5 Å². The zero-order valence-electron chi connectivity index (χ0n) is 12.5. The normalized spacial score (nSPS) is 12.2. The van der Waals surface area contributed by atoms with E-state index in [2.05, 4.69) is 24.1 Å². The maximum absolute atomic E-state index is 12.4. The Labute approximate surface area is 130 Å². The van der Waals surface area contributed by atoms with Crippen LogP contribution in [0.2, 0.25) is 0 Å². The van der Waals surface area contributed by atoms with Crippen LogP contribution in [-0.2, 0) is 0 Å². The monoisotopic (exact) mass is 300 g/mol. The van der Waals surface area contributed by atoms with Gasteiger partial charge in [0.25, 0.3) is 5.91 Å². The Morgan fingerprint density at radius 2 is 1.81 bits per heavy atom. The molecule has 2 rings (SSSR count). The third-order valence-electron chi connectivity index (χ3n) is 3.33. The minimum Gasteiger partial charge on any atom is -0.349 e. The van der Waals surface area contributed by atoms with Crippen molar-refractivity contribution in [1.82, 2.24) is 10.3 Å². The van der Waals surface area contributed by atoms with Crippen molar-refractivity contribution in [2.24, 2.45) is 5.92 Å². The Morgan fingerprint density at radius 3 is 2.48 bits per heavy atom. The average Bonchev–Trinajstić information content (AvgIpc) is 2.48. The van der Waals surface area contributed by atoms with Gasteiger partial charge in [0.2, 0.25) is 0 Å². The number of hydrogen-bond acceptors (Lipinski definition) is 3. The summed E-state index contributed by atoms with van der Waals surface area (Å²) in [5.74, 6) is 0.332. The first kappa shape index (κ1) is 15.6. The minimum atomic E-state index is -0.0669. The second-order valence-corrected chi connectivity index (χ2v) is 6.34. The SMILES string of the molecule is CC(C)C(C)NC(=O)c1cccnc1Sc1ccccc1. The molecule has 21 heavy (non-hydrogen) atoms. The molecule has 0 radical (unpaired) electrons. The van der Waals surface area contributed by atoms with Crippen LogP contribution in [0.5, 0.6) is 0 Å². The van der Waals surface area contributed by atoms with Crippen LogP contribution in [0.25, 0.3) is 0 Å². The van der Waals surface area contributed by atoms with Gasteiger partial charge >= 0.3 is 0 Å². The molecule has 0 fully saturated rings. The molecule has 0 aliphatic carbocycles. The van der Waals surface area contributed by atoms with E-state index in [9.17, 15) is 4.79 Å². The molecular weight excluding hydrogens is 280 g/mol. The Morgan fingerprint density at radius 1 is 1.10 bits per heavy atom. The van der Waals surface area contributed by atoms with E-state index in [0.717, 1.165) is 9.92 Å². The van der Waals surface area contributed by atoms with Gasteiger partial charge < -0.3 is 5.32 Å². The van der Waals surface area contributed by atoms with Gasteiger partial charge in [0, 0.05) is 17.1 Å². The van der Waals surface area contributed by atoms with Gasteiger partial charge in [-0.1, -0.05) is 43.8 Å². The molecule has 1 aromatic heterocycles. The van der Waals surface area contributed by atoms with E-state index in [1.165, 1.54) is 11.8 Å². The van der Waals surface area contributed by atoms with Crippen LogP contribution >= 0.6 is 11.8 Å². The first-order valence-electron chi connectivity index (χ1n) is 7.06. The van der Waals surface area contributed by atoms with Crippen LogP contribution in [0.3, 0.4) is 0 Å². The summed E-state index contributed by atoms with van der Waals surface area (Å²) < 4.78 is 0. The average molecular weight is 300 g/mol. The van der Waals surface area contributed by atoms with Crippen LogP contribution in [0.4, 0.5) is 0 Å². The number of carbonyl (C=O) groups is 1. The third kappa shape index (κ3) is 4.33. The number of amides is 1. The highest BCUT2D eigenvalue weighted by atomic mass is 32.2. The van der Waals surface area contributed by atoms with E-state index >= 15 is 0 Å². The van der Waals surface area contributed by atoms with Gasteiger partial charge in [-0.15, -0.1) is 0 Å². The summed E-state index contributed by atoms with van der Waals surface area (Å²) in [7, 11) is 0. The smallest absolute Gasteiger partial charge is 0.254 e. The molecule has 0 spiro atoms. The molecule has 0 saturated heterocycles. The van der Waals surface area contributed by atoms with Crippen molar-refractivity contribution in [2.45, 2.75) is 36.7 Å². The molecule has 0 bridgehead atoms. The second kappa shape index (κ2) is 7.27. The predicted molar refractivity (Wildman–Crippen MR) is 86.6 cm³/mol. The van der Waals surface area contributed by atoms with Crippen LogP contribution in [0, 0.1) is 5.92 Å². The van der Waals surface area contributed by atoms with Crippen LogP contribution in [0.15, 0.2) is 58.6 Å². The summed E-state index contributed by atoms with van der Waals surface area (Å²) in [6.07, 6.45) is 1.72. The molecule has 3 nitrogen and oxygen atoms in total. The lowest BCUT2D eigenvalue weighted by Gasteiger charge is -2.18. The van der Waals surface area contributed by atoms with Crippen molar-refractivity contribution in [2.75, 3.05) is 0 Å². The Hall–Kier alpha value is -1.81. The molecule has 1 atom stereocenters. The van der Waals surface area contributed by atoms with Gasteiger partial charge in [-0.25, -0.2) is 4.98 Å². The molecule has 4 heteroatoms. The molecule has 1 aromatic carbocycles. The number of nitrogens with one attached hydrogen (secondary N) is 1. The first-order valence-corrected chi connectivity index (χ1v) is 7.88. The molecule has 110 valence electrons. The fraction of sp³-hybridized carbons (Fsp3) is 0.294. The van der Waals surface area contributed by atoms with Crippen molar-refractivity contribution in [3.05, 3.63) is 54.2 Å². The van der Waals surface area contributed by atoms with Gasteiger partial charge in [-0.2, -0.15) is 0 Å². The molecular formula is C17H20N2OS. The number of benzene rings is 1. The molecule has 2 aromatic rings. The largest absolute Gasteiger partial charge is 0.349 e. The van der Waals surface area contributed by atoms with E-state index in [1.807, 2.05) is 43.3 Å². The van der Waals surface area contributed by atoms with Crippen molar-refractivity contribution < 1.29 is 4.79 Å². The number of pyridine rings is 1. The predicted octanol–water partition coefficient (Wildman–Crippen LogP) is 4.01. The number of rotatable bonds is 5. The van der Waals surface area contributed by atoms with E-state index in [1.54, 1.807) is 12.3 Å². The summed E-state index contributed by atoms with van der Waals surface area (Å²) in [6, 6.07) is 13.7. The fourth-order valence-corrected chi connectivity index (χ4v) is 2.60. The third-order valence-corrected chi connectivity index (χ3v) is 4.36. The maximum Gasteiger partial charge on any atom is 0.254 e. The molecule has 1 heterocycles. The number of hydrogen-bond donors (Lipinski definition) is 1. The highest BCUT2D eigenvalue weighted by Gasteiger charge is 2.16. The maximum atomic E-state index is 12.4. The van der Waals surface area contributed by atoms with Gasteiger partial charge in [0.15, 0.2) is 0 Å². The van der Waals surface area contributed by atoms with Gasteiger partial charge in [-0.3, -0.25) is 4.79 Å². The minimum absolute atomic E-state index is 0.0669. The fourth-order valence-electron chi connectivity index (χ4n) is 1.70. The van der Waals surface area contributed by atoms with E-state index < -0.39 is 0 Å². The zero-order chi connectivity index (χ0) is 15.2. The quantitative estimate of drug-likeness (QED) is 0.907. The van der Waals surface area contributed by atoms with E-state index in [4.69, 9.17) is 0 Å². The van der Waals surface area contributed by atoms with Crippen molar-refractivity contribution >= 4 is 17.7 Å². The molecule has 1 unspecified atom stereocenters. The van der Waals surface area contributed by atoms with Crippen molar-refractivity contribution in [3.63, 3.8) is 0 Å². The topological polar surface area (TPSA) is 42.0 Å². The van der Waals surface area contributed by atoms with Crippen LogP contribution in [-0.4, -0.2) is 16.9 Å². The summed E-state index contributed by atoms with van der Waals surface area (Å²) in [4.78, 5) is 17.8. The van der Waals surface area contributed by atoms with Gasteiger partial charge in [0.1, 0.15) is 5.03 Å². The molecule has 1 amide bonds. The lowest BCUT2D eigenvalue weighted by Crippen LogP contribution is -2.36. The van der Waals surface area contributed by atoms with Crippen LogP contribution in [0.1, 0.15) is 31.1 Å². The van der Waals surface area contributed by atoms with E-state index in [-0.39, 0.29) is 11.9 Å². The summed E-state index contributed by atoms with van der Waals surface area (Å²) in [6.45, 7) is 6.20. The summed E-state index contributed by atoms with van der Waals surface area (Å²) >= 11 is 1.51. The summed E-state index contributed by atoms with van der Waals surface area (Å²) in [5, 5.41) is 3.76. The highest BCUT2D eigenvalue weighted by molar-refractivity contribution is 7.99. The Kier molecular flexibility index (Phi) is 5.39. The molecule has 0 aliphatic heterocycles. The second-order valence-electron chi connectivity index (χ2n) is 5.28. The Bertz CT molecular complexity index is 599. The number of carbonyl (C=O) groups excluding carboxylic acids is 1. The number of aromatic nitrogens is 1. The van der Waals surface area contributed by atoms with Crippen molar-refractivity contribution in [3.8, 4) is 0 Å². The number of nitrogens with zero attached hydrogens (tertiary/aromatic N) is 1. The first-order chi connectivity index (χ1) is 10.1. The summed E-state index contributed by atoms with van der Waals surface area (Å²) in [5.41, 5.74) is 0.624. The van der Waals surface area contributed by atoms with Gasteiger partial charge in [-0.05, 0) is 37.1 Å². The van der Waals surface area contributed by atoms with Crippen LogP contribution < -0.4 is 5.32 Å². The lowest BCUT2D eigenvalue weighted by atomic mass is 10.1. The Balaban J connectivity index is 2.19. The molecule has 0 aliphatic rings. The molecule has 0 saturated carbocycles. The van der Waals surface area contributed by atoms with Gasteiger partial charge in [0.05, 0.1) is 5.56 Å². The lowest BCUT2D eigenvalue weighted by molar-refractivity contribution is 0.0927. The van der Waals surface area contributed by atoms with Crippen molar-refractivity contribution in [1.29, 1.82) is 0 Å². The zero-order valence-corrected chi connectivity index (χ0v) is 13.4. The molecule has 1 N–H and O–H groups in total. The highest BCUT2D eigenvalue weighted by Crippen LogP contribution is 2.28. The standard InChI is InChI=1S/C17H20N2OS/c1-12(2)13(3)19-16(20)15-10-7-11-18-17(15)21-14-8-5-4-6-9-14/h4-13H,1-3H3,(H,19,20).